The molecule has 3 rings (SSSR count). The van der Waals surface area contributed by atoms with Crippen LogP contribution in [0.5, 0.6) is 0 Å². The van der Waals surface area contributed by atoms with Crippen molar-refractivity contribution in [2.75, 3.05) is 13.1 Å². The van der Waals surface area contributed by atoms with Crippen LogP contribution in [0.2, 0.25) is 0 Å². The van der Waals surface area contributed by atoms with Crippen LogP contribution in [0.3, 0.4) is 0 Å². The smallest absolute Gasteiger partial charge is 0.311 e. The summed E-state index contributed by atoms with van der Waals surface area (Å²) in [4.78, 5) is 13.6. The molecule has 3 saturated heterocycles. The maximum atomic E-state index is 11.2. The van der Waals surface area contributed by atoms with Gasteiger partial charge in [0.15, 0.2) is 0 Å². The van der Waals surface area contributed by atoms with Crippen molar-refractivity contribution in [3.8, 4) is 0 Å². The monoisotopic (exact) mass is 153 g/mol. The molecule has 3 atom stereocenters. The number of hydrogen-bond donors (Lipinski definition) is 0. The molecule has 0 amide bonds. The Hall–Kier alpha value is -0.570. The number of nitrogens with zero attached hydrogens (tertiary/aromatic N) is 1. The van der Waals surface area contributed by atoms with Crippen LogP contribution in [0.4, 0.5) is 0 Å². The van der Waals surface area contributed by atoms with Gasteiger partial charge in [-0.05, 0) is 19.4 Å². The second-order valence-electron chi connectivity index (χ2n) is 3.69. The predicted molar refractivity (Wildman–Crippen MR) is 38.0 cm³/mol. The summed E-state index contributed by atoms with van der Waals surface area (Å²) in [5.41, 5.74) is 0. The third-order valence-corrected chi connectivity index (χ3v) is 3.21. The molecule has 0 N–H and O–H groups in total. The molecule has 11 heavy (non-hydrogen) atoms. The lowest BCUT2D eigenvalue weighted by Crippen LogP contribution is -2.29. The molecule has 0 aliphatic carbocycles. The van der Waals surface area contributed by atoms with Crippen LogP contribution in [0.1, 0.15) is 12.8 Å². The molecule has 0 unspecified atom stereocenters. The van der Waals surface area contributed by atoms with Gasteiger partial charge < -0.3 is 4.74 Å². The number of carbonyl (C=O) groups excluding carboxylic acids is 1. The second kappa shape index (κ2) is 1.78. The van der Waals surface area contributed by atoms with E-state index in [1.165, 1.54) is 0 Å². The van der Waals surface area contributed by atoms with Gasteiger partial charge in [-0.3, -0.25) is 9.69 Å². The van der Waals surface area contributed by atoms with E-state index in [1.54, 1.807) is 0 Å². The minimum Gasteiger partial charge on any atom is -0.460 e. The SMILES string of the molecule is O=C1O[C@@H]2CCN3CC[C@@H]1[C@H]23. The summed E-state index contributed by atoms with van der Waals surface area (Å²) >= 11 is 0. The van der Waals surface area contributed by atoms with E-state index >= 15 is 0 Å². The largest absolute Gasteiger partial charge is 0.460 e. The molecular weight excluding hydrogens is 142 g/mol. The minimum absolute atomic E-state index is 0.0576. The van der Waals surface area contributed by atoms with Crippen LogP contribution in [0.15, 0.2) is 0 Å². The van der Waals surface area contributed by atoms with E-state index in [9.17, 15) is 4.79 Å². The summed E-state index contributed by atoms with van der Waals surface area (Å²) in [6.45, 7) is 2.25. The van der Waals surface area contributed by atoms with Crippen molar-refractivity contribution in [2.24, 2.45) is 5.92 Å². The molecule has 60 valence electrons. The first kappa shape index (κ1) is 6.00. The van der Waals surface area contributed by atoms with Crippen molar-refractivity contribution in [3.63, 3.8) is 0 Å². The molecule has 0 radical (unpaired) electrons. The Morgan fingerprint density at radius 2 is 2.18 bits per heavy atom. The van der Waals surface area contributed by atoms with E-state index in [0.29, 0.717) is 6.04 Å². The van der Waals surface area contributed by atoms with Gasteiger partial charge in [0.2, 0.25) is 0 Å². The van der Waals surface area contributed by atoms with Gasteiger partial charge in [-0.25, -0.2) is 0 Å². The van der Waals surface area contributed by atoms with Crippen molar-refractivity contribution >= 4 is 5.97 Å². The second-order valence-corrected chi connectivity index (χ2v) is 3.69. The lowest BCUT2D eigenvalue weighted by atomic mass is 10.0. The van der Waals surface area contributed by atoms with Crippen molar-refractivity contribution in [2.45, 2.75) is 25.0 Å². The number of esters is 1. The van der Waals surface area contributed by atoms with Gasteiger partial charge in [-0.2, -0.15) is 0 Å². The topological polar surface area (TPSA) is 29.5 Å². The van der Waals surface area contributed by atoms with Crippen molar-refractivity contribution in [3.05, 3.63) is 0 Å². The molecular formula is C8H11NO2. The normalized spacial score (nSPS) is 48.0. The van der Waals surface area contributed by atoms with Gasteiger partial charge in [-0.1, -0.05) is 0 Å². The van der Waals surface area contributed by atoms with Crippen LogP contribution >= 0.6 is 0 Å². The first-order valence-electron chi connectivity index (χ1n) is 4.31. The van der Waals surface area contributed by atoms with Gasteiger partial charge in [0.1, 0.15) is 6.10 Å². The lowest BCUT2D eigenvalue weighted by molar-refractivity contribution is -0.144. The standard InChI is InChI=1S/C8H11NO2/c10-8-5-1-3-9-4-2-6(11-8)7(5)9/h5-7H,1-4H2/t5-,6-,7-/m1/s1. The van der Waals surface area contributed by atoms with Crippen LogP contribution < -0.4 is 0 Å². The fourth-order valence-corrected chi connectivity index (χ4v) is 2.72. The van der Waals surface area contributed by atoms with E-state index in [-0.39, 0.29) is 18.0 Å². The summed E-state index contributed by atoms with van der Waals surface area (Å²) in [6.07, 6.45) is 2.34. The van der Waals surface area contributed by atoms with E-state index in [1.807, 2.05) is 0 Å². The quantitative estimate of drug-likeness (QED) is 0.459. The van der Waals surface area contributed by atoms with Gasteiger partial charge >= 0.3 is 5.97 Å². The zero-order valence-corrected chi connectivity index (χ0v) is 6.32. The zero-order chi connectivity index (χ0) is 7.42. The van der Waals surface area contributed by atoms with E-state index in [2.05, 4.69) is 4.90 Å². The zero-order valence-electron chi connectivity index (χ0n) is 6.32. The number of carbonyl (C=O) groups is 1. The predicted octanol–water partition coefficient (Wildman–Crippen LogP) is 0.00600. The Kier molecular flexibility index (Phi) is 0.969. The van der Waals surface area contributed by atoms with Crippen LogP contribution in [-0.4, -0.2) is 36.1 Å². The van der Waals surface area contributed by atoms with E-state index in [4.69, 9.17) is 4.74 Å². The van der Waals surface area contributed by atoms with E-state index in [0.717, 1.165) is 25.9 Å². The van der Waals surface area contributed by atoms with Crippen molar-refractivity contribution in [1.29, 1.82) is 0 Å². The highest BCUT2D eigenvalue weighted by Gasteiger charge is 2.54. The lowest BCUT2D eigenvalue weighted by Gasteiger charge is -2.13. The van der Waals surface area contributed by atoms with Gasteiger partial charge in [0, 0.05) is 6.54 Å². The molecule has 3 nitrogen and oxygen atoms in total. The highest BCUT2D eigenvalue weighted by atomic mass is 16.6. The Morgan fingerprint density at radius 1 is 1.36 bits per heavy atom. The number of ether oxygens (including phenoxy) is 1. The fraction of sp³-hybridized carbons (Fsp3) is 0.875. The van der Waals surface area contributed by atoms with Crippen LogP contribution in [0.25, 0.3) is 0 Å². The van der Waals surface area contributed by atoms with Crippen LogP contribution in [-0.2, 0) is 9.53 Å². The van der Waals surface area contributed by atoms with Crippen molar-refractivity contribution in [1.82, 2.24) is 4.90 Å². The molecule has 0 spiro atoms. The molecule has 0 saturated carbocycles. The van der Waals surface area contributed by atoms with Gasteiger partial charge in [0.25, 0.3) is 0 Å². The van der Waals surface area contributed by atoms with Crippen molar-refractivity contribution < 1.29 is 9.53 Å². The van der Waals surface area contributed by atoms with Gasteiger partial charge in [-0.15, -0.1) is 0 Å². The maximum Gasteiger partial charge on any atom is 0.311 e. The Morgan fingerprint density at radius 3 is 3.09 bits per heavy atom. The molecule has 3 heteroatoms. The average molecular weight is 153 g/mol. The molecule has 3 aliphatic rings. The third-order valence-electron chi connectivity index (χ3n) is 3.21. The summed E-state index contributed by atoms with van der Waals surface area (Å²) in [5, 5.41) is 0. The fourth-order valence-electron chi connectivity index (χ4n) is 2.72. The molecule has 0 aromatic rings. The number of hydrogen-bond acceptors (Lipinski definition) is 3. The molecule has 0 aromatic heterocycles. The van der Waals surface area contributed by atoms with Crippen LogP contribution in [0, 0.1) is 5.92 Å². The molecule has 3 heterocycles. The molecule has 0 aromatic carbocycles. The summed E-state index contributed by atoms with van der Waals surface area (Å²) < 4.78 is 5.24. The summed E-state index contributed by atoms with van der Waals surface area (Å²) in [5.74, 6) is 0.282. The Labute approximate surface area is 65.3 Å². The first-order chi connectivity index (χ1) is 5.36. The molecule has 0 bridgehead atoms. The number of rotatable bonds is 0. The van der Waals surface area contributed by atoms with E-state index < -0.39 is 0 Å². The minimum atomic E-state index is 0.0576. The Bertz CT molecular complexity index is 216. The highest BCUT2D eigenvalue weighted by Crippen LogP contribution is 2.40. The summed E-state index contributed by atoms with van der Waals surface area (Å²) in [7, 11) is 0. The Balaban J connectivity index is 1.99. The molecule has 3 fully saturated rings. The first-order valence-corrected chi connectivity index (χ1v) is 4.31. The highest BCUT2D eigenvalue weighted by molar-refractivity contribution is 5.76. The average Bonchev–Trinajstić information content (AvgIpc) is 2.53. The molecule has 3 aliphatic heterocycles. The summed E-state index contributed by atoms with van der Waals surface area (Å²) in [6, 6.07) is 0.461. The maximum absolute atomic E-state index is 11.2. The van der Waals surface area contributed by atoms with Gasteiger partial charge in [0.05, 0.1) is 12.0 Å². The third kappa shape index (κ3) is 0.601.